The van der Waals surface area contributed by atoms with Crippen LogP contribution in [0.2, 0.25) is 0 Å². The topological polar surface area (TPSA) is 50.2 Å². The fourth-order valence-corrected chi connectivity index (χ4v) is 0.624. The first-order valence-corrected chi connectivity index (χ1v) is 4.27. The second kappa shape index (κ2) is 4.54. The lowest BCUT2D eigenvalue weighted by Crippen LogP contribution is -2.06. The lowest BCUT2D eigenvalue weighted by Gasteiger charge is -2.03. The van der Waals surface area contributed by atoms with Crippen molar-refractivity contribution in [3.63, 3.8) is 0 Å². The van der Waals surface area contributed by atoms with Crippen molar-refractivity contribution >= 4 is 11.7 Å². The standard InChI is InChI=1S/C9H14N4/c1-7(2)8(3)12-13-9-10-5-4-6-11-9/h4-7H,1-3H3,(H,10,11,13)/b12-8+. The largest absolute Gasteiger partial charge is 0.245 e. The van der Waals surface area contributed by atoms with E-state index in [1.807, 2.05) is 6.92 Å². The van der Waals surface area contributed by atoms with Crippen molar-refractivity contribution in [3.8, 4) is 0 Å². The molecule has 0 unspecified atom stereocenters. The van der Waals surface area contributed by atoms with Crippen LogP contribution in [0.5, 0.6) is 0 Å². The van der Waals surface area contributed by atoms with Gasteiger partial charge in [0.2, 0.25) is 5.95 Å². The Hall–Kier alpha value is -1.45. The Kier molecular flexibility index (Phi) is 3.37. The molecule has 0 bridgehead atoms. The SMILES string of the molecule is C/C(=N\Nc1ncccn1)C(C)C. The van der Waals surface area contributed by atoms with E-state index in [0.717, 1.165) is 5.71 Å². The Morgan fingerprint density at radius 2 is 2.00 bits per heavy atom. The first-order valence-electron chi connectivity index (χ1n) is 4.27. The second-order valence-electron chi connectivity index (χ2n) is 3.09. The van der Waals surface area contributed by atoms with Crippen molar-refractivity contribution in [2.75, 3.05) is 5.43 Å². The van der Waals surface area contributed by atoms with Gasteiger partial charge in [-0.05, 0) is 18.9 Å². The molecule has 0 amide bonds. The third-order valence-electron chi connectivity index (χ3n) is 1.73. The molecule has 0 aliphatic rings. The predicted octanol–water partition coefficient (Wildman–Crippen LogP) is 1.92. The highest BCUT2D eigenvalue weighted by molar-refractivity contribution is 5.84. The number of nitrogens with zero attached hydrogens (tertiary/aromatic N) is 3. The molecule has 13 heavy (non-hydrogen) atoms. The van der Waals surface area contributed by atoms with Crippen molar-refractivity contribution in [1.82, 2.24) is 9.97 Å². The summed E-state index contributed by atoms with van der Waals surface area (Å²) >= 11 is 0. The van der Waals surface area contributed by atoms with E-state index in [0.29, 0.717) is 11.9 Å². The average molecular weight is 178 g/mol. The minimum atomic E-state index is 0.441. The summed E-state index contributed by atoms with van der Waals surface area (Å²) in [6, 6.07) is 1.77. The lowest BCUT2D eigenvalue weighted by atomic mass is 10.1. The van der Waals surface area contributed by atoms with Gasteiger partial charge in [-0.25, -0.2) is 15.4 Å². The first-order chi connectivity index (χ1) is 6.20. The molecule has 70 valence electrons. The highest BCUT2D eigenvalue weighted by Crippen LogP contribution is 1.98. The van der Waals surface area contributed by atoms with Crippen molar-refractivity contribution < 1.29 is 0 Å². The van der Waals surface area contributed by atoms with E-state index in [2.05, 4.69) is 34.3 Å². The third-order valence-corrected chi connectivity index (χ3v) is 1.73. The number of aromatic nitrogens is 2. The van der Waals surface area contributed by atoms with Gasteiger partial charge in [0.25, 0.3) is 0 Å². The zero-order valence-electron chi connectivity index (χ0n) is 8.15. The van der Waals surface area contributed by atoms with E-state index in [4.69, 9.17) is 0 Å². The molecule has 0 atom stereocenters. The van der Waals surface area contributed by atoms with Crippen molar-refractivity contribution in [2.24, 2.45) is 11.0 Å². The van der Waals surface area contributed by atoms with E-state index in [1.54, 1.807) is 18.5 Å². The number of hydrogen-bond acceptors (Lipinski definition) is 4. The maximum absolute atomic E-state index is 4.14. The third kappa shape index (κ3) is 3.19. The number of anilines is 1. The molecule has 4 nitrogen and oxygen atoms in total. The van der Waals surface area contributed by atoms with Crippen LogP contribution in [0.1, 0.15) is 20.8 Å². The van der Waals surface area contributed by atoms with Crippen LogP contribution in [0.15, 0.2) is 23.6 Å². The van der Waals surface area contributed by atoms with Crippen LogP contribution in [0.25, 0.3) is 0 Å². The van der Waals surface area contributed by atoms with Gasteiger partial charge < -0.3 is 0 Å². The molecule has 1 N–H and O–H groups in total. The minimum Gasteiger partial charge on any atom is -0.245 e. The average Bonchev–Trinajstić information content (AvgIpc) is 2.15. The molecule has 1 rings (SSSR count). The van der Waals surface area contributed by atoms with Crippen LogP contribution in [-0.2, 0) is 0 Å². The van der Waals surface area contributed by atoms with Crippen LogP contribution in [-0.4, -0.2) is 15.7 Å². The molecular weight excluding hydrogens is 164 g/mol. The lowest BCUT2D eigenvalue weighted by molar-refractivity contribution is 0.872. The van der Waals surface area contributed by atoms with Gasteiger partial charge in [0.1, 0.15) is 0 Å². The summed E-state index contributed by atoms with van der Waals surface area (Å²) in [5.41, 5.74) is 3.83. The van der Waals surface area contributed by atoms with E-state index in [9.17, 15) is 0 Å². The van der Waals surface area contributed by atoms with E-state index in [1.165, 1.54) is 0 Å². The van der Waals surface area contributed by atoms with Gasteiger partial charge in [-0.3, -0.25) is 0 Å². The molecule has 0 radical (unpaired) electrons. The van der Waals surface area contributed by atoms with Gasteiger partial charge in [0.05, 0.1) is 0 Å². The minimum absolute atomic E-state index is 0.441. The predicted molar refractivity (Wildman–Crippen MR) is 53.6 cm³/mol. The number of hydrazone groups is 1. The summed E-state index contributed by atoms with van der Waals surface area (Å²) in [6.45, 7) is 6.15. The number of nitrogens with one attached hydrogen (secondary N) is 1. The van der Waals surface area contributed by atoms with Crippen LogP contribution in [0, 0.1) is 5.92 Å². The maximum atomic E-state index is 4.14. The van der Waals surface area contributed by atoms with Crippen molar-refractivity contribution in [1.29, 1.82) is 0 Å². The molecule has 0 fully saturated rings. The Labute approximate surface area is 78.1 Å². The molecule has 1 aromatic heterocycles. The molecular formula is C9H14N4. The Balaban J connectivity index is 2.57. The summed E-state index contributed by atoms with van der Waals surface area (Å²) in [5, 5.41) is 4.14. The molecule has 0 aliphatic carbocycles. The van der Waals surface area contributed by atoms with Gasteiger partial charge >= 0.3 is 0 Å². The molecule has 0 saturated heterocycles. The van der Waals surface area contributed by atoms with Crippen LogP contribution in [0.3, 0.4) is 0 Å². The summed E-state index contributed by atoms with van der Waals surface area (Å²) in [5.74, 6) is 0.971. The highest BCUT2D eigenvalue weighted by atomic mass is 15.3. The molecule has 0 saturated carbocycles. The van der Waals surface area contributed by atoms with Gasteiger partial charge in [-0.1, -0.05) is 13.8 Å². The monoisotopic (exact) mass is 178 g/mol. The molecule has 1 heterocycles. The molecule has 4 heteroatoms. The normalized spacial score (nSPS) is 11.8. The summed E-state index contributed by atoms with van der Waals surface area (Å²) < 4.78 is 0. The smallest absolute Gasteiger partial charge is 0.243 e. The van der Waals surface area contributed by atoms with Gasteiger partial charge in [-0.2, -0.15) is 5.10 Å². The second-order valence-corrected chi connectivity index (χ2v) is 3.09. The Morgan fingerprint density at radius 1 is 1.38 bits per heavy atom. The molecule has 0 spiro atoms. The quantitative estimate of drug-likeness (QED) is 0.568. The molecule has 0 aromatic carbocycles. The zero-order chi connectivity index (χ0) is 9.68. The van der Waals surface area contributed by atoms with E-state index in [-0.39, 0.29) is 0 Å². The van der Waals surface area contributed by atoms with Crippen molar-refractivity contribution in [3.05, 3.63) is 18.5 Å². The summed E-state index contributed by atoms with van der Waals surface area (Å²) in [6.07, 6.45) is 3.35. The Bertz CT molecular complexity index is 279. The molecule has 1 aromatic rings. The van der Waals surface area contributed by atoms with Gasteiger partial charge in [0.15, 0.2) is 0 Å². The van der Waals surface area contributed by atoms with Crippen LogP contribution in [0.4, 0.5) is 5.95 Å². The van der Waals surface area contributed by atoms with Crippen molar-refractivity contribution in [2.45, 2.75) is 20.8 Å². The fraction of sp³-hybridized carbons (Fsp3) is 0.444. The molecule has 0 aliphatic heterocycles. The van der Waals surface area contributed by atoms with Gasteiger partial charge in [-0.15, -0.1) is 0 Å². The highest BCUT2D eigenvalue weighted by Gasteiger charge is 1.97. The van der Waals surface area contributed by atoms with Crippen LogP contribution < -0.4 is 5.43 Å². The number of rotatable bonds is 3. The summed E-state index contributed by atoms with van der Waals surface area (Å²) in [4.78, 5) is 7.96. The fourth-order valence-electron chi connectivity index (χ4n) is 0.624. The number of hydrogen-bond donors (Lipinski definition) is 1. The Morgan fingerprint density at radius 3 is 2.54 bits per heavy atom. The van der Waals surface area contributed by atoms with E-state index >= 15 is 0 Å². The van der Waals surface area contributed by atoms with Gasteiger partial charge in [0, 0.05) is 18.1 Å². The van der Waals surface area contributed by atoms with Crippen LogP contribution >= 0.6 is 0 Å². The maximum Gasteiger partial charge on any atom is 0.243 e. The summed E-state index contributed by atoms with van der Waals surface area (Å²) in [7, 11) is 0. The first kappa shape index (κ1) is 9.64. The zero-order valence-corrected chi connectivity index (χ0v) is 8.15. The van der Waals surface area contributed by atoms with E-state index < -0.39 is 0 Å².